The first-order valence-electron chi connectivity index (χ1n) is 7.09. The van der Waals surface area contributed by atoms with Gasteiger partial charge in [-0.1, -0.05) is 24.3 Å². The molecule has 0 aliphatic rings. The van der Waals surface area contributed by atoms with Crippen LogP contribution in [0.25, 0.3) is 11.1 Å². The number of hydrogen-bond acceptors (Lipinski definition) is 4. The van der Waals surface area contributed by atoms with Crippen molar-refractivity contribution >= 4 is 12.1 Å². The normalized spacial score (nSPS) is 10.9. The summed E-state index contributed by atoms with van der Waals surface area (Å²) in [6.07, 6.45) is -0.766. The van der Waals surface area contributed by atoms with Gasteiger partial charge in [-0.2, -0.15) is 0 Å². The fraction of sp³-hybridized carbons (Fsp3) is 0.222. The molecule has 2 aromatic carbocycles. The van der Waals surface area contributed by atoms with Crippen LogP contribution in [0.4, 0.5) is 4.79 Å². The van der Waals surface area contributed by atoms with Crippen LogP contribution in [0.3, 0.4) is 0 Å². The summed E-state index contributed by atoms with van der Waals surface area (Å²) in [4.78, 5) is 22.6. The lowest BCUT2D eigenvalue weighted by atomic mass is 10.0. The minimum absolute atomic E-state index is 0.219. The summed E-state index contributed by atoms with van der Waals surface area (Å²) in [7, 11) is 0. The summed E-state index contributed by atoms with van der Waals surface area (Å²) in [6.45, 7) is 5.27. The molecule has 120 valence electrons. The molecule has 0 unspecified atom stereocenters. The zero-order valence-electron chi connectivity index (χ0n) is 13.2. The first kappa shape index (κ1) is 16.5. The second-order valence-corrected chi connectivity index (χ2v) is 5.98. The van der Waals surface area contributed by atoms with E-state index in [0.717, 1.165) is 11.1 Å². The van der Waals surface area contributed by atoms with Crippen molar-refractivity contribution in [3.8, 4) is 16.9 Å². The van der Waals surface area contributed by atoms with Crippen molar-refractivity contribution in [2.24, 2.45) is 0 Å². The van der Waals surface area contributed by atoms with E-state index in [2.05, 4.69) is 0 Å². The second kappa shape index (κ2) is 6.52. The monoisotopic (exact) mass is 314 g/mol. The van der Waals surface area contributed by atoms with Crippen molar-refractivity contribution in [3.05, 3.63) is 54.1 Å². The molecule has 5 heteroatoms. The summed E-state index contributed by atoms with van der Waals surface area (Å²) >= 11 is 0. The molecule has 2 rings (SSSR count). The van der Waals surface area contributed by atoms with Gasteiger partial charge in [-0.3, -0.25) is 0 Å². The van der Waals surface area contributed by atoms with Crippen molar-refractivity contribution in [2.75, 3.05) is 0 Å². The summed E-state index contributed by atoms with van der Waals surface area (Å²) < 4.78 is 10.2. The maximum Gasteiger partial charge on any atom is 0.514 e. The largest absolute Gasteiger partial charge is 0.514 e. The lowest BCUT2D eigenvalue weighted by Crippen LogP contribution is -2.25. The molecule has 0 aliphatic carbocycles. The van der Waals surface area contributed by atoms with Crippen LogP contribution in [-0.2, 0) is 4.74 Å². The Morgan fingerprint density at radius 1 is 0.957 bits per heavy atom. The molecular formula is C18H18O5. The predicted octanol–water partition coefficient (Wildman–Crippen LogP) is 4.37. The van der Waals surface area contributed by atoms with Crippen LogP contribution in [0.2, 0.25) is 0 Å². The average Bonchev–Trinajstić information content (AvgIpc) is 2.46. The van der Waals surface area contributed by atoms with Crippen molar-refractivity contribution in [3.63, 3.8) is 0 Å². The molecule has 5 nitrogen and oxygen atoms in total. The fourth-order valence-electron chi connectivity index (χ4n) is 1.91. The Bertz CT molecular complexity index is 711. The molecule has 2 aromatic rings. The smallest absolute Gasteiger partial charge is 0.478 e. The van der Waals surface area contributed by atoms with Crippen molar-refractivity contribution in [1.29, 1.82) is 0 Å². The Hall–Kier alpha value is -2.82. The Balaban J connectivity index is 2.12. The molecular weight excluding hydrogens is 296 g/mol. The number of benzene rings is 2. The number of carbonyl (C=O) groups excluding carboxylic acids is 1. The molecule has 1 N–H and O–H groups in total. The van der Waals surface area contributed by atoms with Gasteiger partial charge in [0.15, 0.2) is 0 Å². The lowest BCUT2D eigenvalue weighted by Gasteiger charge is -2.18. The van der Waals surface area contributed by atoms with E-state index in [4.69, 9.17) is 14.6 Å². The third kappa shape index (κ3) is 4.85. The van der Waals surface area contributed by atoms with Gasteiger partial charge in [-0.15, -0.1) is 0 Å². The van der Waals surface area contributed by atoms with Gasteiger partial charge < -0.3 is 14.6 Å². The zero-order chi connectivity index (χ0) is 17.0. The Kier molecular flexibility index (Phi) is 4.69. The molecule has 0 atom stereocenters. The predicted molar refractivity (Wildman–Crippen MR) is 85.7 cm³/mol. The van der Waals surface area contributed by atoms with Gasteiger partial charge in [0.25, 0.3) is 0 Å². The number of carboxylic acids is 1. The molecule has 0 spiro atoms. The Morgan fingerprint density at radius 2 is 1.61 bits per heavy atom. The van der Waals surface area contributed by atoms with Crippen LogP contribution < -0.4 is 4.74 Å². The minimum atomic E-state index is -0.975. The van der Waals surface area contributed by atoms with Crippen LogP contribution in [-0.4, -0.2) is 22.8 Å². The van der Waals surface area contributed by atoms with Gasteiger partial charge in [0.05, 0.1) is 5.56 Å². The molecule has 0 heterocycles. The van der Waals surface area contributed by atoms with Gasteiger partial charge >= 0.3 is 12.1 Å². The Morgan fingerprint density at radius 3 is 2.17 bits per heavy atom. The number of rotatable bonds is 3. The third-order valence-electron chi connectivity index (χ3n) is 2.89. The van der Waals surface area contributed by atoms with Crippen molar-refractivity contribution < 1.29 is 24.2 Å². The van der Waals surface area contributed by atoms with Crippen LogP contribution in [0, 0.1) is 0 Å². The van der Waals surface area contributed by atoms with Crippen LogP contribution in [0.15, 0.2) is 48.5 Å². The number of carboxylic acid groups (broad SMARTS) is 1. The molecule has 0 aromatic heterocycles. The molecule has 0 saturated heterocycles. The molecule has 0 bridgehead atoms. The van der Waals surface area contributed by atoms with Crippen LogP contribution in [0.5, 0.6) is 5.75 Å². The maximum absolute atomic E-state index is 11.6. The van der Waals surface area contributed by atoms with Gasteiger partial charge in [-0.05, 0) is 56.2 Å². The highest BCUT2D eigenvalue weighted by molar-refractivity contribution is 5.89. The van der Waals surface area contributed by atoms with E-state index < -0.39 is 17.7 Å². The zero-order valence-corrected chi connectivity index (χ0v) is 13.2. The topological polar surface area (TPSA) is 72.8 Å². The Labute approximate surface area is 134 Å². The van der Waals surface area contributed by atoms with Crippen molar-refractivity contribution in [1.82, 2.24) is 0 Å². The highest BCUT2D eigenvalue weighted by atomic mass is 16.7. The molecule has 23 heavy (non-hydrogen) atoms. The molecule has 0 amide bonds. The van der Waals surface area contributed by atoms with E-state index in [9.17, 15) is 9.59 Å². The highest BCUT2D eigenvalue weighted by Crippen LogP contribution is 2.24. The first-order valence-corrected chi connectivity index (χ1v) is 7.09. The van der Waals surface area contributed by atoms with Crippen LogP contribution >= 0.6 is 0 Å². The van der Waals surface area contributed by atoms with Crippen LogP contribution in [0.1, 0.15) is 31.1 Å². The van der Waals surface area contributed by atoms with E-state index >= 15 is 0 Å². The first-order chi connectivity index (χ1) is 10.7. The lowest BCUT2D eigenvalue weighted by molar-refractivity contribution is 0.0206. The van der Waals surface area contributed by atoms with Gasteiger partial charge in [0.1, 0.15) is 11.4 Å². The summed E-state index contributed by atoms with van der Waals surface area (Å²) in [5, 5.41) is 9.02. The number of hydrogen-bond donors (Lipinski definition) is 1. The van der Waals surface area contributed by atoms with Gasteiger partial charge in [0.2, 0.25) is 0 Å². The van der Waals surface area contributed by atoms with E-state index in [1.165, 1.54) is 6.07 Å². The highest BCUT2D eigenvalue weighted by Gasteiger charge is 2.18. The molecule has 0 saturated carbocycles. The van der Waals surface area contributed by atoms with Gasteiger partial charge in [0, 0.05) is 0 Å². The number of ether oxygens (including phenoxy) is 2. The standard InChI is InChI=1S/C18H18O5/c1-18(2,3)23-17(21)22-15-9-7-12(8-10-15)13-5-4-6-14(11-13)16(19)20/h4-11H,1-3H3,(H,19,20). The van der Waals surface area contributed by atoms with E-state index in [-0.39, 0.29) is 5.56 Å². The minimum Gasteiger partial charge on any atom is -0.478 e. The molecule has 0 fully saturated rings. The van der Waals surface area contributed by atoms with Gasteiger partial charge in [-0.25, -0.2) is 9.59 Å². The average molecular weight is 314 g/mol. The fourth-order valence-corrected chi connectivity index (χ4v) is 1.91. The number of aromatic carboxylic acids is 1. The summed E-state index contributed by atoms with van der Waals surface area (Å²) in [5.41, 5.74) is 1.20. The summed E-state index contributed by atoms with van der Waals surface area (Å²) in [6, 6.07) is 13.4. The number of carbonyl (C=O) groups is 2. The summed E-state index contributed by atoms with van der Waals surface area (Å²) in [5.74, 6) is -0.617. The second-order valence-electron chi connectivity index (χ2n) is 5.98. The van der Waals surface area contributed by atoms with E-state index in [0.29, 0.717) is 5.75 Å². The van der Waals surface area contributed by atoms with E-state index in [1.54, 1.807) is 57.2 Å². The molecule has 0 aliphatic heterocycles. The molecule has 0 radical (unpaired) electrons. The quantitative estimate of drug-likeness (QED) is 0.673. The third-order valence-corrected chi connectivity index (χ3v) is 2.89. The van der Waals surface area contributed by atoms with Crippen molar-refractivity contribution in [2.45, 2.75) is 26.4 Å². The maximum atomic E-state index is 11.6. The van der Waals surface area contributed by atoms with E-state index in [1.807, 2.05) is 6.07 Å². The SMILES string of the molecule is CC(C)(C)OC(=O)Oc1ccc(-c2cccc(C(=O)O)c2)cc1.